The molecule has 0 bridgehead atoms. The molecule has 16 heavy (non-hydrogen) atoms. The summed E-state index contributed by atoms with van der Waals surface area (Å²) in [5, 5.41) is 9.46. The lowest BCUT2D eigenvalue weighted by Gasteiger charge is -2.25. The Bertz CT molecular complexity index is 464. The second kappa shape index (κ2) is 3.42. The Morgan fingerprint density at radius 3 is 2.56 bits per heavy atom. The molecule has 0 spiro atoms. The van der Waals surface area contributed by atoms with Crippen molar-refractivity contribution < 1.29 is 19.3 Å². The van der Waals surface area contributed by atoms with Gasteiger partial charge in [0.05, 0.1) is 0 Å². The van der Waals surface area contributed by atoms with Gasteiger partial charge in [-0.25, -0.2) is 0 Å². The van der Waals surface area contributed by atoms with Gasteiger partial charge in [-0.1, -0.05) is 0 Å². The van der Waals surface area contributed by atoms with E-state index in [0.717, 1.165) is 16.9 Å². The highest BCUT2D eigenvalue weighted by molar-refractivity contribution is 5.74. The summed E-state index contributed by atoms with van der Waals surface area (Å²) in [6.45, 7) is 3.04. The Hall–Kier alpha value is -1.68. The molecule has 3 rings (SSSR count). The van der Waals surface area contributed by atoms with Gasteiger partial charge in [-0.2, -0.15) is 0 Å². The summed E-state index contributed by atoms with van der Waals surface area (Å²) < 4.78 is 16.3. The van der Waals surface area contributed by atoms with Crippen LogP contribution in [0, 0.1) is 0 Å². The lowest BCUT2D eigenvalue weighted by Crippen LogP contribution is -2.19. The predicted octanol–water partition coefficient (Wildman–Crippen LogP) is 1.57. The van der Waals surface area contributed by atoms with Crippen LogP contribution in [0.15, 0.2) is 18.2 Å². The van der Waals surface area contributed by atoms with E-state index in [1.807, 2.05) is 13.0 Å². The average Bonchev–Trinajstić information content (AvgIpc) is 2.27. The first-order chi connectivity index (χ1) is 7.74. The topological polar surface area (TPSA) is 47.9 Å². The normalized spacial score (nSPS) is 21.9. The van der Waals surface area contributed by atoms with Crippen LogP contribution in [0.2, 0.25) is 0 Å². The van der Waals surface area contributed by atoms with Crippen LogP contribution in [0.4, 0.5) is 0 Å². The van der Waals surface area contributed by atoms with Gasteiger partial charge >= 0.3 is 0 Å². The molecule has 0 aliphatic carbocycles. The van der Waals surface area contributed by atoms with Crippen LogP contribution in [0.5, 0.6) is 17.2 Å². The number of ether oxygens (including phenoxy) is 3. The molecule has 4 heteroatoms. The van der Waals surface area contributed by atoms with Crippen molar-refractivity contribution in [2.45, 2.75) is 13.2 Å². The average molecular weight is 220 g/mol. The highest BCUT2D eigenvalue weighted by atomic mass is 16.6. The second-order valence-electron chi connectivity index (χ2n) is 3.85. The SMILES string of the molecule is CC1=CC(O)Oc2cc3c(cc21)OCCO3. The first-order valence-corrected chi connectivity index (χ1v) is 5.21. The molecule has 2 heterocycles. The molecule has 1 aromatic carbocycles. The van der Waals surface area contributed by atoms with Crippen molar-refractivity contribution in [3.8, 4) is 17.2 Å². The highest BCUT2D eigenvalue weighted by Crippen LogP contribution is 2.41. The van der Waals surface area contributed by atoms with E-state index in [0.29, 0.717) is 24.7 Å². The number of aliphatic hydroxyl groups excluding tert-OH is 1. The third kappa shape index (κ3) is 1.42. The number of rotatable bonds is 0. The lowest BCUT2D eigenvalue weighted by molar-refractivity contribution is 0.0220. The van der Waals surface area contributed by atoms with Crippen LogP contribution in [-0.2, 0) is 0 Å². The summed E-state index contributed by atoms with van der Waals surface area (Å²) in [5.74, 6) is 2.04. The third-order valence-corrected chi connectivity index (χ3v) is 2.71. The van der Waals surface area contributed by atoms with Crippen molar-refractivity contribution in [1.29, 1.82) is 0 Å². The molecule has 84 valence electrons. The van der Waals surface area contributed by atoms with Crippen LogP contribution in [-0.4, -0.2) is 24.6 Å². The molecule has 0 aromatic heterocycles. The zero-order valence-corrected chi connectivity index (χ0v) is 8.90. The quantitative estimate of drug-likeness (QED) is 0.721. The maximum atomic E-state index is 9.46. The van der Waals surface area contributed by atoms with Crippen molar-refractivity contribution in [3.63, 3.8) is 0 Å². The van der Waals surface area contributed by atoms with Gasteiger partial charge in [0.25, 0.3) is 0 Å². The molecule has 2 aliphatic rings. The fraction of sp³-hybridized carbons (Fsp3) is 0.333. The van der Waals surface area contributed by atoms with E-state index in [1.165, 1.54) is 0 Å². The molecule has 1 aromatic rings. The summed E-state index contributed by atoms with van der Waals surface area (Å²) in [4.78, 5) is 0. The molecule has 0 amide bonds. The molecule has 4 nitrogen and oxygen atoms in total. The van der Waals surface area contributed by atoms with E-state index >= 15 is 0 Å². The minimum absolute atomic E-state index is 0.545. The Morgan fingerprint density at radius 2 is 1.81 bits per heavy atom. The summed E-state index contributed by atoms with van der Waals surface area (Å²) in [6, 6.07) is 3.66. The minimum atomic E-state index is -0.880. The molecule has 1 unspecified atom stereocenters. The lowest BCUT2D eigenvalue weighted by atomic mass is 10.0. The molecule has 0 fully saturated rings. The van der Waals surface area contributed by atoms with Crippen LogP contribution in [0.1, 0.15) is 12.5 Å². The Balaban J connectivity index is 2.12. The van der Waals surface area contributed by atoms with Gasteiger partial charge in [-0.05, 0) is 24.6 Å². The number of hydrogen-bond donors (Lipinski definition) is 1. The van der Waals surface area contributed by atoms with E-state index < -0.39 is 6.29 Å². The summed E-state index contributed by atoms with van der Waals surface area (Å²) >= 11 is 0. The van der Waals surface area contributed by atoms with Crippen molar-refractivity contribution >= 4 is 5.57 Å². The summed E-state index contributed by atoms with van der Waals surface area (Å²) in [7, 11) is 0. The zero-order chi connectivity index (χ0) is 11.1. The van der Waals surface area contributed by atoms with E-state index in [1.54, 1.807) is 12.1 Å². The highest BCUT2D eigenvalue weighted by Gasteiger charge is 2.22. The zero-order valence-electron chi connectivity index (χ0n) is 8.90. The van der Waals surface area contributed by atoms with Gasteiger partial charge in [0, 0.05) is 11.6 Å². The first-order valence-electron chi connectivity index (χ1n) is 5.21. The smallest absolute Gasteiger partial charge is 0.217 e. The van der Waals surface area contributed by atoms with Crippen LogP contribution < -0.4 is 14.2 Å². The van der Waals surface area contributed by atoms with Crippen molar-refractivity contribution in [2.75, 3.05) is 13.2 Å². The molecule has 0 saturated heterocycles. The molecule has 1 N–H and O–H groups in total. The standard InChI is InChI=1S/C12H12O4/c1-7-4-12(13)16-9-6-11-10(5-8(7)9)14-2-3-15-11/h4-6,12-13H,2-3H2,1H3. The summed E-state index contributed by atoms with van der Waals surface area (Å²) in [5.41, 5.74) is 1.92. The first kappa shape index (κ1) is 9.54. The number of hydrogen-bond acceptors (Lipinski definition) is 4. The Labute approximate surface area is 93.1 Å². The van der Waals surface area contributed by atoms with Gasteiger partial charge in [-0.3, -0.25) is 0 Å². The molecular formula is C12H12O4. The monoisotopic (exact) mass is 220 g/mol. The van der Waals surface area contributed by atoms with E-state index in [-0.39, 0.29) is 0 Å². The molecule has 1 atom stereocenters. The van der Waals surface area contributed by atoms with Gasteiger partial charge in [0.2, 0.25) is 6.29 Å². The van der Waals surface area contributed by atoms with Crippen LogP contribution in [0.3, 0.4) is 0 Å². The number of benzene rings is 1. The predicted molar refractivity (Wildman–Crippen MR) is 57.7 cm³/mol. The second-order valence-corrected chi connectivity index (χ2v) is 3.85. The molecule has 0 radical (unpaired) electrons. The van der Waals surface area contributed by atoms with E-state index in [9.17, 15) is 5.11 Å². The number of allylic oxidation sites excluding steroid dienone is 1. The summed E-state index contributed by atoms with van der Waals surface area (Å²) in [6.07, 6.45) is 0.786. The van der Waals surface area contributed by atoms with Gasteiger partial charge in [-0.15, -0.1) is 0 Å². The minimum Gasteiger partial charge on any atom is -0.486 e. The van der Waals surface area contributed by atoms with Crippen LogP contribution >= 0.6 is 0 Å². The number of aliphatic hydroxyl groups is 1. The van der Waals surface area contributed by atoms with Gasteiger partial charge in [0.1, 0.15) is 19.0 Å². The Kier molecular flexibility index (Phi) is 2.04. The van der Waals surface area contributed by atoms with Gasteiger partial charge < -0.3 is 19.3 Å². The Morgan fingerprint density at radius 1 is 1.12 bits per heavy atom. The maximum Gasteiger partial charge on any atom is 0.217 e. The molecule has 2 aliphatic heterocycles. The van der Waals surface area contributed by atoms with E-state index in [2.05, 4.69) is 0 Å². The molecule has 0 saturated carbocycles. The van der Waals surface area contributed by atoms with Crippen molar-refractivity contribution in [2.24, 2.45) is 0 Å². The largest absolute Gasteiger partial charge is 0.486 e. The fourth-order valence-corrected chi connectivity index (χ4v) is 1.94. The fourth-order valence-electron chi connectivity index (χ4n) is 1.94. The van der Waals surface area contributed by atoms with Crippen LogP contribution in [0.25, 0.3) is 5.57 Å². The third-order valence-electron chi connectivity index (χ3n) is 2.71. The maximum absolute atomic E-state index is 9.46. The van der Waals surface area contributed by atoms with E-state index in [4.69, 9.17) is 14.2 Å². The van der Waals surface area contributed by atoms with Crippen molar-refractivity contribution in [3.05, 3.63) is 23.8 Å². The van der Waals surface area contributed by atoms with Gasteiger partial charge in [0.15, 0.2) is 11.5 Å². The van der Waals surface area contributed by atoms with Crippen molar-refractivity contribution in [1.82, 2.24) is 0 Å². The molecular weight excluding hydrogens is 208 g/mol. The number of fused-ring (bicyclic) bond motifs is 2.